The van der Waals surface area contributed by atoms with E-state index in [0.717, 1.165) is 24.0 Å². The number of hydrogen-bond acceptors (Lipinski definition) is 8. The van der Waals surface area contributed by atoms with Gasteiger partial charge in [0.1, 0.15) is 11.9 Å². The van der Waals surface area contributed by atoms with Gasteiger partial charge in [-0.25, -0.2) is 31.3 Å². The van der Waals surface area contributed by atoms with Crippen molar-refractivity contribution < 1.29 is 4.79 Å². The third-order valence-corrected chi connectivity index (χ3v) is 6.81. The van der Waals surface area contributed by atoms with Crippen molar-refractivity contribution in [1.29, 1.82) is 0 Å². The molecule has 1 aliphatic rings. The summed E-state index contributed by atoms with van der Waals surface area (Å²) in [5.74, 6) is 0.574. The van der Waals surface area contributed by atoms with Crippen LogP contribution in [0, 0.1) is 6.57 Å². The van der Waals surface area contributed by atoms with Gasteiger partial charge in [0.2, 0.25) is 11.9 Å². The summed E-state index contributed by atoms with van der Waals surface area (Å²) in [7, 11) is 1.46. The summed E-state index contributed by atoms with van der Waals surface area (Å²) in [4.78, 5) is 61.6. The maximum absolute atomic E-state index is 13.1. The Morgan fingerprint density at radius 1 is 1.24 bits per heavy atom. The lowest BCUT2D eigenvalue weighted by Gasteiger charge is -2.21. The number of carbonyl (C=O) groups excluding carboxylic acids is 1. The van der Waals surface area contributed by atoms with Gasteiger partial charge in [0, 0.05) is 37.6 Å². The van der Waals surface area contributed by atoms with E-state index in [2.05, 4.69) is 41.9 Å². The van der Waals surface area contributed by atoms with Gasteiger partial charge in [0.15, 0.2) is 11.2 Å². The minimum Gasteiger partial charge on any atom is -0.338 e. The molecule has 0 aromatic carbocycles. The number of nitrogens with one attached hydrogen (secondary N) is 1. The lowest BCUT2D eigenvalue weighted by atomic mass is 10.2. The molecule has 4 aromatic rings. The fourth-order valence-corrected chi connectivity index (χ4v) is 4.63. The molecule has 1 aliphatic heterocycles. The van der Waals surface area contributed by atoms with E-state index in [9.17, 15) is 14.4 Å². The average Bonchev–Trinajstić information content (AvgIpc) is 3.56. The summed E-state index contributed by atoms with van der Waals surface area (Å²) >= 11 is 0. The molecule has 5 heterocycles. The largest absolute Gasteiger partial charge is 0.338 e. The highest BCUT2D eigenvalue weighted by Crippen LogP contribution is 2.24. The number of anilines is 2. The minimum absolute atomic E-state index is 0.0599. The molecular formula is C25H26N10O3. The molecule has 5 rings (SSSR count). The maximum atomic E-state index is 13.1. The number of imidazole rings is 1. The maximum Gasteiger partial charge on any atom is 0.338 e. The molecule has 13 nitrogen and oxygen atoms in total. The standard InChI is InChI=1S/C25H26N10O3/c1-15-7-6-10-33(15)24-27-11-17(12-28-24)18-8-5-9-19(30-18)31-22(36)16(2)34-14-29-21-20(34)23(37)35(13-26-3)25(38)32(21)4/h5,8-9,11-12,14-16H,6-7,10,13H2,1-2,4H3,(H,30,31,36)/t15-,16-/m0/s1. The molecule has 0 spiro atoms. The van der Waals surface area contributed by atoms with E-state index in [1.54, 1.807) is 37.5 Å². The molecule has 0 saturated carbocycles. The average molecular weight is 515 g/mol. The zero-order chi connectivity index (χ0) is 27.0. The number of aryl methyl sites for hydroxylation is 1. The van der Waals surface area contributed by atoms with Crippen LogP contribution in [-0.2, 0) is 18.5 Å². The van der Waals surface area contributed by atoms with E-state index >= 15 is 0 Å². The van der Waals surface area contributed by atoms with E-state index < -0.39 is 29.9 Å². The quantitative estimate of drug-likeness (QED) is 0.385. The zero-order valence-corrected chi connectivity index (χ0v) is 21.2. The monoisotopic (exact) mass is 514 g/mol. The van der Waals surface area contributed by atoms with Crippen LogP contribution in [0.5, 0.6) is 0 Å². The Kier molecular flexibility index (Phi) is 6.46. The molecule has 1 saturated heterocycles. The summed E-state index contributed by atoms with van der Waals surface area (Å²) in [6.07, 6.45) is 7.02. The SMILES string of the molecule is [C-]#[N+]Cn1c(=O)c2c(ncn2[C@@H](C)C(=O)Nc2cccc(-c3cnc(N4CCC[C@@H]4C)nc3)n2)n(C)c1=O. The normalized spacial score (nSPS) is 15.9. The van der Waals surface area contributed by atoms with E-state index in [-0.39, 0.29) is 11.2 Å². The van der Waals surface area contributed by atoms with Crippen molar-refractivity contribution >= 4 is 28.8 Å². The number of hydrogen-bond donors (Lipinski definition) is 1. The first-order valence-corrected chi connectivity index (χ1v) is 12.2. The third kappa shape index (κ3) is 4.30. The van der Waals surface area contributed by atoms with Crippen LogP contribution in [0.4, 0.5) is 11.8 Å². The minimum atomic E-state index is -0.859. The fourth-order valence-electron chi connectivity index (χ4n) is 4.63. The number of aromatic nitrogens is 7. The highest BCUT2D eigenvalue weighted by Gasteiger charge is 2.24. The second-order valence-corrected chi connectivity index (χ2v) is 9.23. The van der Waals surface area contributed by atoms with Gasteiger partial charge in [0.25, 0.3) is 12.2 Å². The second kappa shape index (κ2) is 9.89. The lowest BCUT2D eigenvalue weighted by molar-refractivity contribution is -0.118. The Morgan fingerprint density at radius 3 is 2.68 bits per heavy atom. The van der Waals surface area contributed by atoms with Gasteiger partial charge in [-0.3, -0.25) is 19.0 Å². The number of carbonyl (C=O) groups is 1. The van der Waals surface area contributed by atoms with Gasteiger partial charge >= 0.3 is 5.69 Å². The predicted molar refractivity (Wildman–Crippen MR) is 140 cm³/mol. The summed E-state index contributed by atoms with van der Waals surface area (Å²) in [5.41, 5.74) is 0.183. The zero-order valence-electron chi connectivity index (χ0n) is 21.2. The first kappa shape index (κ1) is 24.8. The van der Waals surface area contributed by atoms with Gasteiger partial charge < -0.3 is 14.8 Å². The van der Waals surface area contributed by atoms with Crippen molar-refractivity contribution in [3.05, 3.63) is 69.2 Å². The molecule has 0 radical (unpaired) electrons. The van der Waals surface area contributed by atoms with Crippen molar-refractivity contribution in [2.24, 2.45) is 7.05 Å². The smallest absolute Gasteiger partial charge is 0.338 e. The summed E-state index contributed by atoms with van der Waals surface area (Å²) in [6, 6.07) is 4.78. The first-order chi connectivity index (χ1) is 18.3. The summed E-state index contributed by atoms with van der Waals surface area (Å²) in [5, 5.41) is 2.78. The molecular weight excluding hydrogens is 488 g/mol. The van der Waals surface area contributed by atoms with Crippen molar-refractivity contribution in [2.75, 3.05) is 16.8 Å². The summed E-state index contributed by atoms with van der Waals surface area (Å²) < 4.78 is 3.40. The molecule has 1 amide bonds. The van der Waals surface area contributed by atoms with Crippen molar-refractivity contribution in [3.8, 4) is 11.3 Å². The van der Waals surface area contributed by atoms with E-state index in [4.69, 9.17) is 6.57 Å². The van der Waals surface area contributed by atoms with Gasteiger partial charge in [-0.2, -0.15) is 4.57 Å². The fraction of sp³-hybridized carbons (Fsp3) is 0.360. The molecule has 194 valence electrons. The lowest BCUT2D eigenvalue weighted by Crippen LogP contribution is -2.39. The molecule has 0 bridgehead atoms. The summed E-state index contributed by atoms with van der Waals surface area (Å²) in [6.45, 7) is 11.3. The van der Waals surface area contributed by atoms with Crippen LogP contribution in [0.2, 0.25) is 0 Å². The Bertz CT molecular complexity index is 1680. The molecule has 1 fully saturated rings. The van der Waals surface area contributed by atoms with E-state index in [1.165, 1.54) is 22.5 Å². The van der Waals surface area contributed by atoms with Crippen LogP contribution < -0.4 is 21.5 Å². The number of rotatable bonds is 6. The Balaban J connectivity index is 1.38. The number of pyridine rings is 1. The molecule has 38 heavy (non-hydrogen) atoms. The predicted octanol–water partition coefficient (Wildman–Crippen LogP) is 1.81. The second-order valence-electron chi connectivity index (χ2n) is 9.23. The van der Waals surface area contributed by atoms with E-state index in [0.29, 0.717) is 29.1 Å². The van der Waals surface area contributed by atoms with Crippen LogP contribution in [0.1, 0.15) is 32.7 Å². The van der Waals surface area contributed by atoms with Crippen molar-refractivity contribution in [3.63, 3.8) is 0 Å². The Labute approximate surface area is 217 Å². The Hall–Kier alpha value is -4.86. The highest BCUT2D eigenvalue weighted by atomic mass is 16.2. The molecule has 13 heteroatoms. The van der Waals surface area contributed by atoms with Crippen LogP contribution in [0.25, 0.3) is 27.3 Å². The number of fused-ring (bicyclic) bond motifs is 1. The third-order valence-electron chi connectivity index (χ3n) is 6.81. The Morgan fingerprint density at radius 2 is 2.00 bits per heavy atom. The first-order valence-electron chi connectivity index (χ1n) is 12.2. The van der Waals surface area contributed by atoms with Crippen molar-refractivity contribution in [1.82, 2.24) is 33.6 Å². The van der Waals surface area contributed by atoms with Gasteiger partial charge in [-0.15, -0.1) is 0 Å². The van der Waals surface area contributed by atoms with Gasteiger partial charge in [0.05, 0.1) is 12.0 Å². The van der Waals surface area contributed by atoms with Crippen LogP contribution >= 0.6 is 0 Å². The van der Waals surface area contributed by atoms with Crippen LogP contribution in [0.15, 0.2) is 46.5 Å². The molecule has 0 aliphatic carbocycles. The molecule has 1 N–H and O–H groups in total. The van der Waals surface area contributed by atoms with Crippen LogP contribution in [0.3, 0.4) is 0 Å². The number of amides is 1. The highest BCUT2D eigenvalue weighted by molar-refractivity contribution is 5.93. The molecule has 0 unspecified atom stereocenters. The van der Waals surface area contributed by atoms with Gasteiger partial charge in [-0.05, 0) is 38.8 Å². The van der Waals surface area contributed by atoms with Gasteiger partial charge in [-0.1, -0.05) is 6.07 Å². The molecule has 2 atom stereocenters. The molecule has 4 aromatic heterocycles. The number of nitrogens with zero attached hydrogens (tertiary/aromatic N) is 9. The topological polar surface area (TPSA) is 137 Å². The van der Waals surface area contributed by atoms with Crippen molar-refractivity contribution in [2.45, 2.75) is 45.4 Å². The van der Waals surface area contributed by atoms with E-state index in [1.807, 2.05) is 0 Å². The van der Waals surface area contributed by atoms with Crippen LogP contribution in [-0.4, -0.2) is 52.1 Å².